The first-order chi connectivity index (χ1) is 16.8. The summed E-state index contributed by atoms with van der Waals surface area (Å²) in [6.07, 6.45) is 0. The summed E-state index contributed by atoms with van der Waals surface area (Å²) in [4.78, 5) is 17.6. The Morgan fingerprint density at radius 1 is 1.09 bits per heavy atom. The zero-order chi connectivity index (χ0) is 25.0. The van der Waals surface area contributed by atoms with Crippen LogP contribution < -0.4 is 9.52 Å². The Kier molecular flexibility index (Phi) is 7.44. The van der Waals surface area contributed by atoms with E-state index in [2.05, 4.69) is 9.71 Å². The number of halogens is 1. The van der Waals surface area contributed by atoms with E-state index < -0.39 is 21.7 Å². The smallest absolute Gasteiger partial charge is 0.279 e. The van der Waals surface area contributed by atoms with Crippen molar-refractivity contribution in [1.29, 1.82) is 0 Å². The topological polar surface area (TPSA) is 89.8 Å². The van der Waals surface area contributed by atoms with Gasteiger partial charge in [0.15, 0.2) is 4.80 Å². The first-order valence-corrected chi connectivity index (χ1v) is 13.2. The fourth-order valence-corrected chi connectivity index (χ4v) is 5.57. The number of hydrogen-bond donors (Lipinski definition) is 1. The normalized spacial score (nSPS) is 12.3. The molecule has 0 fully saturated rings. The van der Waals surface area contributed by atoms with E-state index in [-0.39, 0.29) is 10.5 Å². The molecule has 182 valence electrons. The molecule has 0 saturated carbocycles. The van der Waals surface area contributed by atoms with Crippen molar-refractivity contribution in [1.82, 2.24) is 4.57 Å². The van der Waals surface area contributed by atoms with Crippen LogP contribution in [-0.4, -0.2) is 32.1 Å². The van der Waals surface area contributed by atoms with Gasteiger partial charge in [0.25, 0.3) is 15.9 Å². The Morgan fingerprint density at radius 3 is 2.49 bits per heavy atom. The summed E-state index contributed by atoms with van der Waals surface area (Å²) in [5.74, 6) is -0.913. The summed E-state index contributed by atoms with van der Waals surface area (Å²) in [5, 5.41) is 0. The van der Waals surface area contributed by atoms with Crippen molar-refractivity contribution in [3.8, 4) is 0 Å². The lowest BCUT2D eigenvalue weighted by Crippen LogP contribution is -2.20. The van der Waals surface area contributed by atoms with E-state index in [0.29, 0.717) is 40.5 Å². The molecule has 0 unspecified atom stereocenters. The van der Waals surface area contributed by atoms with Gasteiger partial charge in [0.1, 0.15) is 5.82 Å². The number of nitrogens with zero attached hydrogens (tertiary/aromatic N) is 2. The lowest BCUT2D eigenvalue weighted by Gasteiger charge is -2.08. The molecule has 0 atom stereocenters. The van der Waals surface area contributed by atoms with Crippen LogP contribution in [0.4, 0.5) is 10.1 Å². The predicted molar refractivity (Wildman–Crippen MR) is 135 cm³/mol. The second kappa shape index (κ2) is 10.5. The fraction of sp³-hybridized carbons (Fsp3) is 0.200. The van der Waals surface area contributed by atoms with Crippen LogP contribution in [0.3, 0.4) is 0 Å². The second-order valence-electron chi connectivity index (χ2n) is 7.73. The molecule has 0 aliphatic rings. The number of carbonyl (C=O) groups excluding carboxylic acids is 1. The molecule has 4 rings (SSSR count). The molecule has 0 saturated heterocycles. The maximum Gasteiger partial charge on any atom is 0.279 e. The molecule has 4 aromatic rings. The highest BCUT2D eigenvalue weighted by Crippen LogP contribution is 2.21. The number of aromatic nitrogens is 1. The zero-order valence-electron chi connectivity index (χ0n) is 19.2. The Labute approximate surface area is 206 Å². The number of rotatable bonds is 8. The number of hydrogen-bond acceptors (Lipinski definition) is 5. The summed E-state index contributed by atoms with van der Waals surface area (Å²) < 4.78 is 49.9. The number of thiazole rings is 1. The molecular weight excluding hydrogens is 489 g/mol. The van der Waals surface area contributed by atoms with Crippen molar-refractivity contribution in [3.05, 3.63) is 88.5 Å². The molecule has 1 aromatic heterocycles. The van der Waals surface area contributed by atoms with Gasteiger partial charge in [0.2, 0.25) is 0 Å². The molecule has 0 spiro atoms. The first-order valence-electron chi connectivity index (χ1n) is 10.9. The third-order valence-electron chi connectivity index (χ3n) is 5.23. The monoisotopic (exact) mass is 513 g/mol. The van der Waals surface area contributed by atoms with Gasteiger partial charge < -0.3 is 9.30 Å². The first kappa shape index (κ1) is 24.8. The third kappa shape index (κ3) is 5.67. The number of aryl methyl sites for hydroxylation is 1. The van der Waals surface area contributed by atoms with E-state index in [1.54, 1.807) is 28.8 Å². The van der Waals surface area contributed by atoms with E-state index in [1.807, 2.05) is 13.8 Å². The number of nitrogens with one attached hydrogen (secondary N) is 1. The minimum absolute atomic E-state index is 0.145. The van der Waals surface area contributed by atoms with Crippen molar-refractivity contribution in [3.63, 3.8) is 0 Å². The van der Waals surface area contributed by atoms with E-state index in [4.69, 9.17) is 4.74 Å². The number of carbonyl (C=O) groups is 1. The van der Waals surface area contributed by atoms with Crippen molar-refractivity contribution in [2.45, 2.75) is 25.3 Å². The van der Waals surface area contributed by atoms with Gasteiger partial charge >= 0.3 is 0 Å². The van der Waals surface area contributed by atoms with Gasteiger partial charge in [-0.05, 0) is 62.4 Å². The second-order valence-corrected chi connectivity index (χ2v) is 10.4. The molecule has 0 aliphatic carbocycles. The van der Waals surface area contributed by atoms with E-state index >= 15 is 0 Å². The van der Waals surface area contributed by atoms with Gasteiger partial charge in [0, 0.05) is 24.4 Å². The Balaban J connectivity index is 1.59. The highest BCUT2D eigenvalue weighted by Gasteiger charge is 2.15. The fourth-order valence-electron chi connectivity index (χ4n) is 3.44. The van der Waals surface area contributed by atoms with E-state index in [1.165, 1.54) is 53.8 Å². The Morgan fingerprint density at radius 2 is 1.80 bits per heavy atom. The molecular formula is C25H24FN3O4S2. The minimum Gasteiger partial charge on any atom is -0.380 e. The maximum atomic E-state index is 14.5. The van der Waals surface area contributed by atoms with Crippen molar-refractivity contribution in [2.24, 2.45) is 4.99 Å². The number of sulfonamides is 1. The van der Waals surface area contributed by atoms with Gasteiger partial charge in [-0.2, -0.15) is 4.99 Å². The van der Waals surface area contributed by atoms with Crippen LogP contribution in [-0.2, 0) is 21.3 Å². The lowest BCUT2D eigenvalue weighted by atomic mass is 10.2. The molecule has 3 aromatic carbocycles. The van der Waals surface area contributed by atoms with Crippen LogP contribution in [0.1, 0.15) is 22.8 Å². The summed E-state index contributed by atoms with van der Waals surface area (Å²) in [7, 11) is -3.75. The van der Waals surface area contributed by atoms with Crippen molar-refractivity contribution >= 4 is 43.2 Å². The summed E-state index contributed by atoms with van der Waals surface area (Å²) >= 11 is 1.22. The average Bonchev–Trinajstić information content (AvgIpc) is 3.18. The molecule has 1 amide bonds. The van der Waals surface area contributed by atoms with Crippen LogP contribution in [0, 0.1) is 12.7 Å². The molecule has 10 heteroatoms. The van der Waals surface area contributed by atoms with E-state index in [0.717, 1.165) is 5.56 Å². The highest BCUT2D eigenvalue weighted by molar-refractivity contribution is 7.92. The SMILES string of the molecule is CCOCCn1c(=NC(=O)c2ccc(NS(=O)(=O)c3ccc(C)cc3)cc2)sc2cccc(F)c21. The van der Waals surface area contributed by atoms with Crippen LogP contribution in [0.15, 0.2) is 76.6 Å². The number of benzene rings is 3. The Hall–Kier alpha value is -3.34. The van der Waals surface area contributed by atoms with Gasteiger partial charge in [-0.15, -0.1) is 0 Å². The molecule has 35 heavy (non-hydrogen) atoms. The molecule has 0 aliphatic heterocycles. The van der Waals surface area contributed by atoms with Gasteiger partial charge in [-0.25, -0.2) is 12.8 Å². The molecule has 1 heterocycles. The minimum atomic E-state index is -3.75. The van der Waals surface area contributed by atoms with Gasteiger partial charge in [-0.3, -0.25) is 9.52 Å². The zero-order valence-corrected chi connectivity index (χ0v) is 20.8. The van der Waals surface area contributed by atoms with Crippen molar-refractivity contribution < 1.29 is 22.3 Å². The molecule has 0 radical (unpaired) electrons. The summed E-state index contributed by atoms with van der Waals surface area (Å²) in [6, 6.07) is 17.3. The van der Waals surface area contributed by atoms with Crippen LogP contribution >= 0.6 is 11.3 Å². The van der Waals surface area contributed by atoms with Crippen LogP contribution in [0.5, 0.6) is 0 Å². The maximum absolute atomic E-state index is 14.5. The third-order valence-corrected chi connectivity index (χ3v) is 7.67. The van der Waals surface area contributed by atoms with Gasteiger partial charge in [-0.1, -0.05) is 35.1 Å². The number of anilines is 1. The average molecular weight is 514 g/mol. The quantitative estimate of drug-likeness (QED) is 0.345. The Bertz CT molecular complexity index is 1520. The number of fused-ring (bicyclic) bond motifs is 1. The highest BCUT2D eigenvalue weighted by atomic mass is 32.2. The molecule has 7 nitrogen and oxygen atoms in total. The van der Waals surface area contributed by atoms with Gasteiger partial charge in [0.05, 0.1) is 21.7 Å². The summed E-state index contributed by atoms with van der Waals surface area (Å²) in [5.41, 5.74) is 1.93. The van der Waals surface area contributed by atoms with Crippen LogP contribution in [0.25, 0.3) is 10.2 Å². The van der Waals surface area contributed by atoms with Crippen molar-refractivity contribution in [2.75, 3.05) is 17.9 Å². The summed E-state index contributed by atoms with van der Waals surface area (Å²) in [6.45, 7) is 4.97. The number of amides is 1. The lowest BCUT2D eigenvalue weighted by molar-refractivity contribution is 0.0996. The predicted octanol–water partition coefficient (Wildman–Crippen LogP) is 4.73. The molecule has 0 bridgehead atoms. The number of ether oxygens (including phenoxy) is 1. The largest absolute Gasteiger partial charge is 0.380 e. The molecule has 1 N–H and O–H groups in total. The van der Waals surface area contributed by atoms with Crippen LogP contribution in [0.2, 0.25) is 0 Å². The standard InChI is InChI=1S/C25H24FN3O4S2/c1-3-33-16-15-29-23-21(26)5-4-6-22(23)34-25(29)27-24(30)18-9-11-19(12-10-18)28-35(31,32)20-13-7-17(2)8-14-20/h4-14,28H,3,15-16H2,1-2H3. The van der Waals surface area contributed by atoms with E-state index in [9.17, 15) is 17.6 Å². The number of para-hydroxylation sites is 1.